The van der Waals surface area contributed by atoms with Crippen molar-refractivity contribution >= 4 is 11.9 Å². The number of carbonyl (C=O) groups is 2. The maximum absolute atomic E-state index is 11.1. The summed E-state index contributed by atoms with van der Waals surface area (Å²) in [5.41, 5.74) is 0. The second-order valence-electron chi connectivity index (χ2n) is 2.46. The Labute approximate surface area is 71.5 Å². The lowest BCUT2D eigenvalue weighted by atomic mass is 10.3. The molecule has 0 heterocycles. The fourth-order valence-corrected chi connectivity index (χ4v) is 0.617. The predicted molar refractivity (Wildman–Crippen MR) is 44.7 cm³/mol. The summed E-state index contributed by atoms with van der Waals surface area (Å²) in [4.78, 5) is 22.7. The van der Waals surface area contributed by atoms with Crippen molar-refractivity contribution in [3.63, 3.8) is 0 Å². The highest BCUT2D eigenvalue weighted by Crippen LogP contribution is 1.96. The lowest BCUT2D eigenvalue weighted by Crippen LogP contribution is -2.39. The molecule has 0 aliphatic rings. The number of aliphatic carboxylic acids is 1. The van der Waals surface area contributed by atoms with Gasteiger partial charge in [-0.25, -0.2) is 4.79 Å². The highest BCUT2D eigenvalue weighted by Gasteiger charge is 2.19. The summed E-state index contributed by atoms with van der Waals surface area (Å²) >= 11 is 0. The van der Waals surface area contributed by atoms with E-state index >= 15 is 0 Å². The van der Waals surface area contributed by atoms with Crippen molar-refractivity contribution in [2.75, 3.05) is 7.05 Å². The summed E-state index contributed by atoms with van der Waals surface area (Å²) in [6, 6.07) is -0.784. The molecule has 0 aromatic rings. The van der Waals surface area contributed by atoms with Crippen molar-refractivity contribution in [1.29, 1.82) is 0 Å². The molecule has 1 atom stereocenters. The first-order chi connectivity index (χ1) is 5.50. The molecule has 12 heavy (non-hydrogen) atoms. The van der Waals surface area contributed by atoms with Gasteiger partial charge in [-0.15, -0.1) is 0 Å². The average molecular weight is 171 g/mol. The summed E-state index contributed by atoms with van der Waals surface area (Å²) in [5.74, 6) is -1.30. The lowest BCUT2D eigenvalue weighted by molar-refractivity contribution is -0.146. The molecule has 0 aliphatic carbocycles. The Kier molecular flexibility index (Phi) is 4.04. The van der Waals surface area contributed by atoms with Gasteiger partial charge in [0.2, 0.25) is 5.91 Å². The summed E-state index contributed by atoms with van der Waals surface area (Å²) in [5, 5.41) is 8.55. The minimum Gasteiger partial charge on any atom is -0.480 e. The molecule has 0 aromatic heterocycles. The van der Waals surface area contributed by atoms with Crippen molar-refractivity contribution in [2.45, 2.75) is 19.9 Å². The zero-order valence-corrected chi connectivity index (χ0v) is 7.44. The van der Waals surface area contributed by atoms with Gasteiger partial charge in [-0.2, -0.15) is 0 Å². The number of carbonyl (C=O) groups excluding carboxylic acids is 1. The first kappa shape index (κ1) is 10.7. The molecular weight excluding hydrogens is 158 g/mol. The van der Waals surface area contributed by atoms with E-state index in [1.807, 2.05) is 0 Å². The quantitative estimate of drug-likeness (QED) is 0.629. The third-order valence-electron chi connectivity index (χ3n) is 1.60. The third-order valence-corrected chi connectivity index (χ3v) is 1.60. The van der Waals surface area contributed by atoms with Crippen LogP contribution < -0.4 is 0 Å². The molecule has 0 radical (unpaired) electrons. The molecular formula is C8H13NO3. The Morgan fingerprint density at radius 1 is 1.50 bits per heavy atom. The van der Waals surface area contributed by atoms with Gasteiger partial charge in [0, 0.05) is 7.05 Å². The molecule has 0 aromatic carbocycles. The van der Waals surface area contributed by atoms with Crippen LogP contribution in [0.15, 0.2) is 12.2 Å². The zero-order chi connectivity index (χ0) is 9.72. The monoisotopic (exact) mass is 171 g/mol. The van der Waals surface area contributed by atoms with Crippen LogP contribution in [-0.2, 0) is 9.59 Å². The van der Waals surface area contributed by atoms with Crippen molar-refractivity contribution in [3.05, 3.63) is 12.2 Å². The van der Waals surface area contributed by atoms with E-state index in [-0.39, 0.29) is 5.91 Å². The van der Waals surface area contributed by atoms with Gasteiger partial charge in [0.15, 0.2) is 0 Å². The van der Waals surface area contributed by atoms with E-state index in [1.54, 1.807) is 13.0 Å². The molecule has 1 N–H and O–H groups in total. The molecule has 0 saturated heterocycles. The van der Waals surface area contributed by atoms with Gasteiger partial charge >= 0.3 is 5.97 Å². The molecule has 1 amide bonds. The van der Waals surface area contributed by atoms with Gasteiger partial charge in [-0.3, -0.25) is 4.79 Å². The predicted octanol–water partition coefficient (Wildman–Crippen LogP) is 0.494. The number of amides is 1. The minimum absolute atomic E-state index is 0.299. The van der Waals surface area contributed by atoms with Gasteiger partial charge in [0.05, 0.1) is 0 Å². The SMILES string of the molecule is CC=CC(=O)N(C)C(C)C(=O)O. The van der Waals surface area contributed by atoms with Gasteiger partial charge in [-0.1, -0.05) is 6.08 Å². The van der Waals surface area contributed by atoms with E-state index in [1.165, 1.54) is 24.9 Å². The van der Waals surface area contributed by atoms with E-state index in [2.05, 4.69) is 0 Å². The second-order valence-corrected chi connectivity index (χ2v) is 2.46. The maximum atomic E-state index is 11.1. The topological polar surface area (TPSA) is 57.6 Å². The van der Waals surface area contributed by atoms with E-state index in [9.17, 15) is 9.59 Å². The fourth-order valence-electron chi connectivity index (χ4n) is 0.617. The van der Waals surface area contributed by atoms with Crippen LogP contribution in [-0.4, -0.2) is 35.0 Å². The molecule has 0 fully saturated rings. The Bertz CT molecular complexity index is 210. The van der Waals surface area contributed by atoms with Crippen molar-refractivity contribution in [2.24, 2.45) is 0 Å². The first-order valence-corrected chi connectivity index (χ1v) is 3.63. The van der Waals surface area contributed by atoms with Crippen LogP contribution in [0.4, 0.5) is 0 Å². The average Bonchev–Trinajstić information content (AvgIpc) is 2.02. The molecule has 0 saturated carbocycles. The van der Waals surface area contributed by atoms with Gasteiger partial charge in [0.1, 0.15) is 6.04 Å². The number of hydrogen-bond donors (Lipinski definition) is 1. The molecule has 0 rings (SSSR count). The van der Waals surface area contributed by atoms with Crippen LogP contribution in [0, 0.1) is 0 Å². The van der Waals surface area contributed by atoms with Crippen LogP contribution in [0.3, 0.4) is 0 Å². The van der Waals surface area contributed by atoms with Gasteiger partial charge < -0.3 is 10.0 Å². The number of carboxylic acids is 1. The molecule has 0 bridgehead atoms. The standard InChI is InChI=1S/C8H13NO3/c1-4-5-7(10)9(3)6(2)8(11)12/h4-6H,1-3H3,(H,11,12). The molecule has 1 unspecified atom stereocenters. The summed E-state index contributed by atoms with van der Waals surface area (Å²) in [6.45, 7) is 3.17. The molecule has 0 aliphatic heterocycles. The number of carboxylic acid groups (broad SMARTS) is 1. The van der Waals surface area contributed by atoms with Gasteiger partial charge in [0.25, 0.3) is 0 Å². The fraction of sp³-hybridized carbons (Fsp3) is 0.500. The zero-order valence-electron chi connectivity index (χ0n) is 7.44. The number of nitrogens with zero attached hydrogens (tertiary/aromatic N) is 1. The van der Waals surface area contributed by atoms with Crippen LogP contribution in [0.2, 0.25) is 0 Å². The van der Waals surface area contributed by atoms with Crippen LogP contribution in [0.25, 0.3) is 0 Å². The Morgan fingerprint density at radius 3 is 2.33 bits per heavy atom. The van der Waals surface area contributed by atoms with E-state index in [4.69, 9.17) is 5.11 Å². The smallest absolute Gasteiger partial charge is 0.326 e. The maximum Gasteiger partial charge on any atom is 0.326 e. The largest absolute Gasteiger partial charge is 0.480 e. The first-order valence-electron chi connectivity index (χ1n) is 3.63. The van der Waals surface area contributed by atoms with Crippen molar-refractivity contribution in [1.82, 2.24) is 4.90 Å². The third kappa shape index (κ3) is 2.74. The summed E-state index contributed by atoms with van der Waals surface area (Å²) in [6.07, 6.45) is 2.91. The normalized spacial score (nSPS) is 12.9. The molecule has 4 heteroatoms. The summed E-state index contributed by atoms with van der Waals surface area (Å²) < 4.78 is 0. The number of hydrogen-bond acceptors (Lipinski definition) is 2. The number of allylic oxidation sites excluding steroid dienone is 1. The van der Waals surface area contributed by atoms with Crippen LogP contribution in [0.5, 0.6) is 0 Å². The van der Waals surface area contributed by atoms with Crippen molar-refractivity contribution in [3.8, 4) is 0 Å². The van der Waals surface area contributed by atoms with E-state index in [0.717, 1.165) is 0 Å². The van der Waals surface area contributed by atoms with E-state index in [0.29, 0.717) is 0 Å². The Balaban J connectivity index is 4.28. The second kappa shape index (κ2) is 4.54. The van der Waals surface area contributed by atoms with E-state index < -0.39 is 12.0 Å². The number of rotatable bonds is 3. The van der Waals surface area contributed by atoms with Crippen molar-refractivity contribution < 1.29 is 14.7 Å². The Morgan fingerprint density at radius 2 is 2.00 bits per heavy atom. The van der Waals surface area contributed by atoms with Crippen LogP contribution in [0.1, 0.15) is 13.8 Å². The van der Waals surface area contributed by atoms with Crippen LogP contribution >= 0.6 is 0 Å². The van der Waals surface area contributed by atoms with Gasteiger partial charge in [-0.05, 0) is 19.9 Å². The number of likely N-dealkylation sites (N-methyl/N-ethyl adjacent to an activating group) is 1. The highest BCUT2D eigenvalue weighted by molar-refractivity contribution is 5.90. The minimum atomic E-state index is -1.00. The Hall–Kier alpha value is -1.32. The lowest BCUT2D eigenvalue weighted by Gasteiger charge is -2.19. The highest BCUT2D eigenvalue weighted by atomic mass is 16.4. The molecule has 0 spiro atoms. The summed E-state index contributed by atoms with van der Waals surface area (Å²) in [7, 11) is 1.46. The molecule has 68 valence electrons. The molecule has 4 nitrogen and oxygen atoms in total.